The number of nitrogen functional groups attached to an aromatic ring is 1. The molecule has 102 valence electrons. The van der Waals surface area contributed by atoms with E-state index in [2.05, 4.69) is 4.72 Å². The van der Waals surface area contributed by atoms with Gasteiger partial charge in [-0.25, -0.2) is 17.5 Å². The number of hydrogen-bond donors (Lipinski definition) is 2. The number of furan rings is 1. The minimum Gasteiger partial charge on any atom is -0.468 e. The van der Waals surface area contributed by atoms with Gasteiger partial charge in [-0.05, 0) is 37.3 Å². The summed E-state index contributed by atoms with van der Waals surface area (Å²) in [6.07, 6.45) is 1.44. The maximum Gasteiger partial charge on any atom is 0.241 e. The van der Waals surface area contributed by atoms with Crippen LogP contribution in [0.4, 0.5) is 10.1 Å². The van der Waals surface area contributed by atoms with Crippen LogP contribution >= 0.6 is 0 Å². The lowest BCUT2D eigenvalue weighted by molar-refractivity contribution is 0.459. The summed E-state index contributed by atoms with van der Waals surface area (Å²) in [5.41, 5.74) is 5.48. The molecule has 2 rings (SSSR count). The van der Waals surface area contributed by atoms with E-state index < -0.39 is 21.9 Å². The quantitative estimate of drug-likeness (QED) is 0.841. The molecule has 2 aromatic rings. The van der Waals surface area contributed by atoms with E-state index in [0.717, 1.165) is 12.1 Å². The Hall–Kier alpha value is -1.86. The number of anilines is 1. The first kappa shape index (κ1) is 13.6. The van der Waals surface area contributed by atoms with E-state index in [1.165, 1.54) is 12.3 Å². The van der Waals surface area contributed by atoms with Gasteiger partial charge in [0.2, 0.25) is 10.0 Å². The van der Waals surface area contributed by atoms with E-state index in [9.17, 15) is 12.8 Å². The number of sulfonamides is 1. The van der Waals surface area contributed by atoms with Gasteiger partial charge in [0.1, 0.15) is 11.6 Å². The van der Waals surface area contributed by atoms with Crippen LogP contribution in [0.2, 0.25) is 0 Å². The third-order valence-corrected chi connectivity index (χ3v) is 4.03. The molecule has 0 saturated carbocycles. The maximum atomic E-state index is 13.2. The number of halogens is 1. The largest absolute Gasteiger partial charge is 0.468 e. The van der Waals surface area contributed by atoms with Gasteiger partial charge in [-0.1, -0.05) is 0 Å². The lowest BCUT2D eigenvalue weighted by atomic mass is 10.3. The van der Waals surface area contributed by atoms with Crippen molar-refractivity contribution in [2.45, 2.75) is 17.9 Å². The van der Waals surface area contributed by atoms with Crippen LogP contribution in [-0.4, -0.2) is 8.42 Å². The van der Waals surface area contributed by atoms with Crippen molar-refractivity contribution < 1.29 is 17.2 Å². The average Bonchev–Trinajstić information content (AvgIpc) is 2.80. The standard InChI is InChI=1S/C12H13FN2O3S/c1-8(12-3-2-4-18-12)15-19(16,17)11-6-9(13)5-10(14)7-11/h2-8,15H,14H2,1H3. The Morgan fingerprint density at radius 1 is 1.37 bits per heavy atom. The zero-order chi connectivity index (χ0) is 14.0. The van der Waals surface area contributed by atoms with Crippen LogP contribution in [-0.2, 0) is 10.0 Å². The first-order chi connectivity index (χ1) is 8.88. The number of benzene rings is 1. The maximum absolute atomic E-state index is 13.2. The third kappa shape index (κ3) is 3.12. The summed E-state index contributed by atoms with van der Waals surface area (Å²) < 4.78 is 44.8. The zero-order valence-electron chi connectivity index (χ0n) is 10.1. The average molecular weight is 284 g/mol. The van der Waals surface area contributed by atoms with Gasteiger partial charge >= 0.3 is 0 Å². The molecular formula is C12H13FN2O3S. The fraction of sp³-hybridized carbons (Fsp3) is 0.167. The van der Waals surface area contributed by atoms with Gasteiger partial charge < -0.3 is 10.2 Å². The van der Waals surface area contributed by atoms with E-state index in [1.54, 1.807) is 19.1 Å². The number of rotatable bonds is 4. The molecule has 19 heavy (non-hydrogen) atoms. The van der Waals surface area contributed by atoms with Crippen molar-refractivity contribution in [3.05, 3.63) is 48.2 Å². The highest BCUT2D eigenvalue weighted by Gasteiger charge is 2.20. The SMILES string of the molecule is CC(NS(=O)(=O)c1cc(N)cc(F)c1)c1ccco1. The van der Waals surface area contributed by atoms with E-state index in [0.29, 0.717) is 5.76 Å². The number of nitrogens with two attached hydrogens (primary N) is 1. The molecule has 0 aliphatic rings. The predicted molar refractivity (Wildman–Crippen MR) is 68.3 cm³/mol. The van der Waals surface area contributed by atoms with Gasteiger partial charge in [0, 0.05) is 5.69 Å². The summed E-state index contributed by atoms with van der Waals surface area (Å²) in [4.78, 5) is -0.219. The molecule has 1 heterocycles. The Balaban J connectivity index is 2.27. The van der Waals surface area contributed by atoms with Crippen molar-refractivity contribution in [3.8, 4) is 0 Å². The molecule has 3 N–H and O–H groups in total. The summed E-state index contributed by atoms with van der Waals surface area (Å²) in [6.45, 7) is 1.62. The third-order valence-electron chi connectivity index (χ3n) is 2.51. The highest BCUT2D eigenvalue weighted by molar-refractivity contribution is 7.89. The Morgan fingerprint density at radius 3 is 2.68 bits per heavy atom. The zero-order valence-corrected chi connectivity index (χ0v) is 10.9. The van der Waals surface area contributed by atoms with Crippen molar-refractivity contribution >= 4 is 15.7 Å². The summed E-state index contributed by atoms with van der Waals surface area (Å²) in [7, 11) is -3.86. The van der Waals surface area contributed by atoms with Crippen molar-refractivity contribution in [2.75, 3.05) is 5.73 Å². The first-order valence-electron chi connectivity index (χ1n) is 5.50. The van der Waals surface area contributed by atoms with Crippen molar-refractivity contribution in [2.24, 2.45) is 0 Å². The lowest BCUT2D eigenvalue weighted by Crippen LogP contribution is -2.26. The molecule has 1 unspecified atom stereocenters. The first-order valence-corrected chi connectivity index (χ1v) is 6.98. The van der Waals surface area contributed by atoms with Gasteiger partial charge in [0.05, 0.1) is 17.2 Å². The topological polar surface area (TPSA) is 85.3 Å². The molecular weight excluding hydrogens is 271 g/mol. The molecule has 0 aliphatic heterocycles. The van der Waals surface area contributed by atoms with Crippen LogP contribution in [0.25, 0.3) is 0 Å². The Kier molecular flexibility index (Phi) is 3.59. The van der Waals surface area contributed by atoms with Crippen LogP contribution in [0.1, 0.15) is 18.7 Å². The van der Waals surface area contributed by atoms with Gasteiger partial charge in [-0.3, -0.25) is 0 Å². The van der Waals surface area contributed by atoms with E-state index in [1.807, 2.05) is 0 Å². The van der Waals surface area contributed by atoms with E-state index >= 15 is 0 Å². The van der Waals surface area contributed by atoms with E-state index in [4.69, 9.17) is 10.2 Å². The van der Waals surface area contributed by atoms with Gasteiger partial charge in [0.15, 0.2) is 0 Å². The van der Waals surface area contributed by atoms with Crippen LogP contribution in [0, 0.1) is 5.82 Å². The second kappa shape index (κ2) is 5.02. The van der Waals surface area contributed by atoms with Crippen LogP contribution in [0.15, 0.2) is 45.9 Å². The number of hydrogen-bond acceptors (Lipinski definition) is 4. The molecule has 1 aromatic carbocycles. The van der Waals surface area contributed by atoms with E-state index in [-0.39, 0.29) is 10.6 Å². The summed E-state index contributed by atoms with van der Waals surface area (Å²) in [6, 6.07) is 5.89. The molecule has 0 aliphatic carbocycles. The van der Waals surface area contributed by atoms with Crippen LogP contribution in [0.3, 0.4) is 0 Å². The predicted octanol–water partition coefficient (Wildman–Crippen LogP) is 2.04. The molecule has 0 saturated heterocycles. The molecule has 0 spiro atoms. The van der Waals surface area contributed by atoms with Crippen molar-refractivity contribution in [1.82, 2.24) is 4.72 Å². The van der Waals surface area contributed by atoms with Crippen LogP contribution < -0.4 is 10.5 Å². The molecule has 1 aromatic heterocycles. The second-order valence-corrected chi connectivity index (χ2v) is 5.79. The highest BCUT2D eigenvalue weighted by atomic mass is 32.2. The Morgan fingerprint density at radius 2 is 2.11 bits per heavy atom. The molecule has 0 fully saturated rings. The number of nitrogens with one attached hydrogen (secondary N) is 1. The Labute approximate surface area is 110 Å². The smallest absolute Gasteiger partial charge is 0.241 e. The minimum absolute atomic E-state index is 0.0472. The molecule has 0 amide bonds. The van der Waals surface area contributed by atoms with Crippen molar-refractivity contribution in [3.63, 3.8) is 0 Å². The molecule has 0 bridgehead atoms. The normalized spacial score (nSPS) is 13.4. The van der Waals surface area contributed by atoms with Gasteiger partial charge in [0.25, 0.3) is 0 Å². The summed E-state index contributed by atoms with van der Waals surface area (Å²) in [5.74, 6) is -0.237. The monoisotopic (exact) mass is 284 g/mol. The molecule has 0 radical (unpaired) electrons. The van der Waals surface area contributed by atoms with Gasteiger partial charge in [-0.15, -0.1) is 0 Å². The molecule has 7 heteroatoms. The summed E-state index contributed by atoms with van der Waals surface area (Å²) >= 11 is 0. The fourth-order valence-electron chi connectivity index (χ4n) is 1.64. The minimum atomic E-state index is -3.86. The Bertz CT molecular complexity index is 648. The highest BCUT2D eigenvalue weighted by Crippen LogP contribution is 2.19. The fourth-order valence-corrected chi connectivity index (χ4v) is 2.91. The lowest BCUT2D eigenvalue weighted by Gasteiger charge is -2.12. The second-order valence-electron chi connectivity index (χ2n) is 4.08. The summed E-state index contributed by atoms with van der Waals surface area (Å²) in [5, 5.41) is 0. The molecule has 1 atom stereocenters. The molecule has 5 nitrogen and oxygen atoms in total. The van der Waals surface area contributed by atoms with Crippen LogP contribution in [0.5, 0.6) is 0 Å². The van der Waals surface area contributed by atoms with Crippen molar-refractivity contribution in [1.29, 1.82) is 0 Å². The van der Waals surface area contributed by atoms with Gasteiger partial charge in [-0.2, -0.15) is 0 Å².